The zero-order valence-electron chi connectivity index (χ0n) is 9.62. The highest BCUT2D eigenvalue weighted by atomic mass is 79.9. The fourth-order valence-corrected chi connectivity index (χ4v) is 2.64. The molecule has 1 aliphatic heterocycles. The third kappa shape index (κ3) is 3.42. The van der Waals surface area contributed by atoms with E-state index in [-0.39, 0.29) is 11.2 Å². The van der Waals surface area contributed by atoms with Crippen LogP contribution in [0.5, 0.6) is 5.75 Å². The Hall–Kier alpha value is -0.610. The van der Waals surface area contributed by atoms with E-state index in [9.17, 15) is 4.39 Å². The van der Waals surface area contributed by atoms with Gasteiger partial charge in [-0.3, -0.25) is 0 Å². The van der Waals surface area contributed by atoms with Crippen LogP contribution in [0.2, 0.25) is 0 Å². The Morgan fingerprint density at radius 3 is 2.76 bits per heavy atom. The van der Waals surface area contributed by atoms with Crippen LogP contribution in [0.25, 0.3) is 0 Å². The zero-order chi connectivity index (χ0) is 12.1. The lowest BCUT2D eigenvalue weighted by Gasteiger charge is -2.35. The van der Waals surface area contributed by atoms with Crippen LogP contribution in [-0.4, -0.2) is 25.2 Å². The molecule has 1 heterocycles. The number of benzene rings is 1. The summed E-state index contributed by atoms with van der Waals surface area (Å²) in [5.41, 5.74) is 0.116. The average molecular weight is 303 g/mol. The molecule has 1 saturated heterocycles. The highest BCUT2D eigenvalue weighted by Gasteiger charge is 2.32. The summed E-state index contributed by atoms with van der Waals surface area (Å²) in [5.74, 6) is 0.333. The van der Waals surface area contributed by atoms with E-state index in [1.807, 2.05) is 0 Å². The van der Waals surface area contributed by atoms with Crippen LogP contribution in [0, 0.1) is 11.2 Å². The minimum atomic E-state index is -0.262. The van der Waals surface area contributed by atoms with Gasteiger partial charge in [-0.2, -0.15) is 0 Å². The van der Waals surface area contributed by atoms with Gasteiger partial charge in [0, 0.05) is 30.0 Å². The predicted molar refractivity (Wildman–Crippen MR) is 68.2 cm³/mol. The summed E-state index contributed by atoms with van der Waals surface area (Å²) in [6, 6.07) is 6.28. The summed E-state index contributed by atoms with van der Waals surface area (Å²) in [6.07, 6.45) is 1.96. The maximum atomic E-state index is 13.0. The Morgan fingerprint density at radius 1 is 1.35 bits per heavy atom. The van der Waals surface area contributed by atoms with Gasteiger partial charge in [-0.1, -0.05) is 22.0 Å². The summed E-state index contributed by atoms with van der Waals surface area (Å²) in [6.45, 7) is 2.15. The molecule has 1 fully saturated rings. The van der Waals surface area contributed by atoms with Crippen LogP contribution in [-0.2, 0) is 4.74 Å². The lowest BCUT2D eigenvalue weighted by molar-refractivity contribution is 0.00349. The number of halogens is 2. The SMILES string of the molecule is Fc1cccc(OCC2(CBr)CCOCC2)c1. The van der Waals surface area contributed by atoms with Crippen molar-refractivity contribution in [1.29, 1.82) is 0 Å². The second-order valence-electron chi connectivity index (χ2n) is 4.49. The number of alkyl halides is 1. The standard InChI is InChI=1S/C13H16BrFO2/c14-9-13(4-6-16-7-5-13)10-17-12-3-1-2-11(15)8-12/h1-3,8H,4-7,9-10H2. The van der Waals surface area contributed by atoms with Gasteiger partial charge in [0.25, 0.3) is 0 Å². The van der Waals surface area contributed by atoms with Crippen LogP contribution in [0.3, 0.4) is 0 Å². The maximum absolute atomic E-state index is 13.0. The molecule has 2 nitrogen and oxygen atoms in total. The van der Waals surface area contributed by atoms with Gasteiger partial charge in [-0.05, 0) is 25.0 Å². The number of hydrogen-bond acceptors (Lipinski definition) is 2. The molecule has 0 N–H and O–H groups in total. The third-order valence-corrected chi connectivity index (χ3v) is 4.37. The van der Waals surface area contributed by atoms with Gasteiger partial charge in [-0.15, -0.1) is 0 Å². The molecule has 0 amide bonds. The Kier molecular flexibility index (Phi) is 4.40. The second-order valence-corrected chi connectivity index (χ2v) is 5.05. The molecule has 1 aliphatic rings. The van der Waals surface area contributed by atoms with Crippen LogP contribution in [0.4, 0.5) is 4.39 Å². The van der Waals surface area contributed by atoms with Gasteiger partial charge < -0.3 is 9.47 Å². The van der Waals surface area contributed by atoms with Gasteiger partial charge in [0.1, 0.15) is 11.6 Å². The molecule has 0 bridgehead atoms. The van der Waals surface area contributed by atoms with Crippen LogP contribution >= 0.6 is 15.9 Å². The normalized spacial score (nSPS) is 18.9. The Morgan fingerprint density at radius 2 is 2.12 bits per heavy atom. The van der Waals surface area contributed by atoms with Crippen LogP contribution in [0.1, 0.15) is 12.8 Å². The zero-order valence-corrected chi connectivity index (χ0v) is 11.2. The first-order valence-electron chi connectivity index (χ1n) is 5.76. The molecular formula is C13H16BrFO2. The molecule has 0 spiro atoms. The summed E-state index contributed by atoms with van der Waals surface area (Å²) in [7, 11) is 0. The lowest BCUT2D eigenvalue weighted by atomic mass is 9.83. The first-order chi connectivity index (χ1) is 8.24. The molecule has 0 saturated carbocycles. The largest absolute Gasteiger partial charge is 0.493 e. The molecule has 2 rings (SSSR count). The minimum absolute atomic E-state index is 0.116. The fourth-order valence-electron chi connectivity index (χ4n) is 1.91. The van der Waals surface area contributed by atoms with E-state index < -0.39 is 0 Å². The summed E-state index contributed by atoms with van der Waals surface area (Å²) >= 11 is 3.55. The Labute approximate surface area is 109 Å². The number of rotatable bonds is 4. The molecule has 0 radical (unpaired) electrons. The topological polar surface area (TPSA) is 18.5 Å². The molecular weight excluding hydrogens is 287 g/mol. The van der Waals surface area contributed by atoms with Crippen molar-refractivity contribution < 1.29 is 13.9 Å². The summed E-state index contributed by atoms with van der Waals surface area (Å²) in [4.78, 5) is 0. The monoisotopic (exact) mass is 302 g/mol. The molecule has 0 aromatic heterocycles. The van der Waals surface area contributed by atoms with Crippen molar-refractivity contribution in [3.8, 4) is 5.75 Å². The van der Waals surface area contributed by atoms with Crippen molar-refractivity contribution in [3.05, 3.63) is 30.1 Å². The highest BCUT2D eigenvalue weighted by molar-refractivity contribution is 9.09. The Bertz CT molecular complexity index is 364. The number of hydrogen-bond donors (Lipinski definition) is 0. The third-order valence-electron chi connectivity index (χ3n) is 3.18. The fraction of sp³-hybridized carbons (Fsp3) is 0.538. The van der Waals surface area contributed by atoms with E-state index >= 15 is 0 Å². The summed E-state index contributed by atoms with van der Waals surface area (Å²) < 4.78 is 24.1. The van der Waals surface area contributed by atoms with Crippen LogP contribution in [0.15, 0.2) is 24.3 Å². The quantitative estimate of drug-likeness (QED) is 0.794. The van der Waals surface area contributed by atoms with Gasteiger partial charge in [0.15, 0.2) is 0 Å². The van der Waals surface area contributed by atoms with Crippen LogP contribution < -0.4 is 4.74 Å². The lowest BCUT2D eigenvalue weighted by Crippen LogP contribution is -2.36. The van der Waals surface area contributed by atoms with Gasteiger partial charge >= 0.3 is 0 Å². The molecule has 17 heavy (non-hydrogen) atoms. The minimum Gasteiger partial charge on any atom is -0.493 e. The molecule has 0 aliphatic carbocycles. The van der Waals surface area contributed by atoms with Crippen molar-refractivity contribution in [2.45, 2.75) is 12.8 Å². The summed E-state index contributed by atoms with van der Waals surface area (Å²) in [5, 5.41) is 0.888. The molecule has 4 heteroatoms. The van der Waals surface area contributed by atoms with Crippen molar-refractivity contribution in [1.82, 2.24) is 0 Å². The molecule has 1 aromatic carbocycles. The van der Waals surface area contributed by atoms with E-state index in [0.717, 1.165) is 31.4 Å². The highest BCUT2D eigenvalue weighted by Crippen LogP contribution is 2.33. The maximum Gasteiger partial charge on any atom is 0.126 e. The van der Waals surface area contributed by atoms with Gasteiger partial charge in [0.2, 0.25) is 0 Å². The van der Waals surface area contributed by atoms with Gasteiger partial charge in [0.05, 0.1) is 6.61 Å². The molecule has 0 atom stereocenters. The second kappa shape index (κ2) is 5.83. The first kappa shape index (κ1) is 12.8. The van der Waals surface area contributed by atoms with E-state index in [2.05, 4.69) is 15.9 Å². The van der Waals surface area contributed by atoms with Crippen molar-refractivity contribution >= 4 is 15.9 Å². The first-order valence-corrected chi connectivity index (χ1v) is 6.88. The van der Waals surface area contributed by atoms with E-state index in [0.29, 0.717) is 12.4 Å². The van der Waals surface area contributed by atoms with Gasteiger partial charge in [-0.25, -0.2) is 4.39 Å². The molecule has 94 valence electrons. The smallest absolute Gasteiger partial charge is 0.126 e. The van der Waals surface area contributed by atoms with E-state index in [4.69, 9.17) is 9.47 Å². The van der Waals surface area contributed by atoms with E-state index in [1.54, 1.807) is 12.1 Å². The predicted octanol–water partition coefficient (Wildman–Crippen LogP) is 3.40. The van der Waals surface area contributed by atoms with Crippen molar-refractivity contribution in [2.75, 3.05) is 25.2 Å². The number of ether oxygens (including phenoxy) is 2. The molecule has 0 unspecified atom stereocenters. The van der Waals surface area contributed by atoms with Crippen molar-refractivity contribution in [3.63, 3.8) is 0 Å². The average Bonchev–Trinajstić information content (AvgIpc) is 2.38. The Balaban J connectivity index is 1.95. The van der Waals surface area contributed by atoms with E-state index in [1.165, 1.54) is 12.1 Å². The van der Waals surface area contributed by atoms with Crippen molar-refractivity contribution in [2.24, 2.45) is 5.41 Å². The molecule has 1 aromatic rings.